The van der Waals surface area contributed by atoms with Crippen LogP contribution in [0.5, 0.6) is 0 Å². The minimum atomic E-state index is -1.62. The molecule has 0 fully saturated rings. The minimum Gasteiger partial charge on any atom is -0.388 e. The SMILES string of the molecule is C=CC(C)C(O)C(Cl)(Cl)Cl. The van der Waals surface area contributed by atoms with Crippen LogP contribution < -0.4 is 0 Å². The zero-order chi connectivity index (χ0) is 8.36. The molecule has 0 bridgehead atoms. The second-order valence-corrected chi connectivity index (χ2v) is 4.45. The molecule has 60 valence electrons. The van der Waals surface area contributed by atoms with Gasteiger partial charge in [0.2, 0.25) is 3.79 Å². The van der Waals surface area contributed by atoms with Crippen LogP contribution in [0.2, 0.25) is 0 Å². The topological polar surface area (TPSA) is 20.2 Å². The molecule has 1 N–H and O–H groups in total. The van der Waals surface area contributed by atoms with Crippen molar-refractivity contribution in [2.24, 2.45) is 5.92 Å². The number of hydrogen-bond acceptors (Lipinski definition) is 1. The smallest absolute Gasteiger partial charge is 0.216 e. The largest absolute Gasteiger partial charge is 0.388 e. The Bertz CT molecular complexity index is 119. The number of alkyl halides is 3. The third kappa shape index (κ3) is 3.11. The highest BCUT2D eigenvalue weighted by molar-refractivity contribution is 6.68. The maximum Gasteiger partial charge on any atom is 0.216 e. The summed E-state index contributed by atoms with van der Waals surface area (Å²) in [5, 5.41) is 9.19. The molecule has 2 unspecified atom stereocenters. The summed E-state index contributed by atoms with van der Waals surface area (Å²) in [6.07, 6.45) is 0.544. The average Bonchev–Trinajstić information content (AvgIpc) is 1.83. The van der Waals surface area contributed by atoms with E-state index in [0.717, 1.165) is 0 Å². The Hall–Kier alpha value is 0.570. The van der Waals surface area contributed by atoms with Gasteiger partial charge in [-0.2, -0.15) is 0 Å². The van der Waals surface area contributed by atoms with Gasteiger partial charge in [-0.15, -0.1) is 6.58 Å². The van der Waals surface area contributed by atoms with E-state index in [9.17, 15) is 5.11 Å². The molecule has 0 aliphatic heterocycles. The molecule has 1 nitrogen and oxygen atoms in total. The summed E-state index contributed by atoms with van der Waals surface area (Å²) in [6, 6.07) is 0. The first-order valence-electron chi connectivity index (χ1n) is 2.77. The Morgan fingerprint density at radius 1 is 1.50 bits per heavy atom. The van der Waals surface area contributed by atoms with Gasteiger partial charge in [0, 0.05) is 5.92 Å². The first-order chi connectivity index (χ1) is 4.39. The predicted molar refractivity (Wildman–Crippen MR) is 45.7 cm³/mol. The Kier molecular flexibility index (Phi) is 4.03. The fourth-order valence-corrected chi connectivity index (χ4v) is 1.02. The molecule has 4 heteroatoms. The number of aliphatic hydroxyl groups is 1. The van der Waals surface area contributed by atoms with E-state index < -0.39 is 9.90 Å². The van der Waals surface area contributed by atoms with Crippen molar-refractivity contribution in [2.45, 2.75) is 16.8 Å². The van der Waals surface area contributed by atoms with Gasteiger partial charge in [-0.05, 0) is 0 Å². The molecule has 0 rings (SSSR count). The van der Waals surface area contributed by atoms with Crippen LogP contribution in [0.3, 0.4) is 0 Å². The quantitative estimate of drug-likeness (QED) is 0.540. The number of aliphatic hydroxyl groups excluding tert-OH is 1. The molecule has 0 saturated carbocycles. The van der Waals surface area contributed by atoms with Gasteiger partial charge < -0.3 is 5.11 Å². The molecule has 10 heavy (non-hydrogen) atoms. The predicted octanol–water partition coefficient (Wildman–Crippen LogP) is 2.54. The lowest BCUT2D eigenvalue weighted by Gasteiger charge is -2.22. The Morgan fingerprint density at radius 2 is 1.90 bits per heavy atom. The highest BCUT2D eigenvalue weighted by Gasteiger charge is 2.33. The standard InChI is InChI=1S/C6H9Cl3O/c1-3-4(2)5(10)6(7,8)9/h3-5,10H,1H2,2H3. The van der Waals surface area contributed by atoms with E-state index in [1.807, 2.05) is 0 Å². The molecule has 0 aromatic carbocycles. The van der Waals surface area contributed by atoms with Crippen LogP contribution in [0.25, 0.3) is 0 Å². The fourth-order valence-electron chi connectivity index (χ4n) is 0.427. The van der Waals surface area contributed by atoms with Crippen molar-refractivity contribution in [3.05, 3.63) is 12.7 Å². The second kappa shape index (κ2) is 3.82. The van der Waals surface area contributed by atoms with E-state index in [1.54, 1.807) is 6.92 Å². The first-order valence-corrected chi connectivity index (χ1v) is 3.90. The van der Waals surface area contributed by atoms with Gasteiger partial charge in [0.1, 0.15) is 6.10 Å². The molecule has 0 amide bonds. The molecule has 0 aliphatic rings. The third-order valence-electron chi connectivity index (χ3n) is 1.21. The second-order valence-electron chi connectivity index (χ2n) is 2.08. The van der Waals surface area contributed by atoms with Gasteiger partial charge >= 0.3 is 0 Å². The highest BCUT2D eigenvalue weighted by atomic mass is 35.6. The van der Waals surface area contributed by atoms with E-state index in [-0.39, 0.29) is 5.92 Å². The zero-order valence-corrected chi connectivity index (χ0v) is 7.79. The van der Waals surface area contributed by atoms with Crippen molar-refractivity contribution in [3.8, 4) is 0 Å². The maximum absolute atomic E-state index is 9.19. The molecule has 0 spiro atoms. The van der Waals surface area contributed by atoms with Crippen LogP contribution in [0.15, 0.2) is 12.7 Å². The Balaban J connectivity index is 4.07. The molecule has 0 radical (unpaired) electrons. The van der Waals surface area contributed by atoms with Crippen LogP contribution in [-0.4, -0.2) is 15.0 Å². The van der Waals surface area contributed by atoms with Crippen LogP contribution in [0.4, 0.5) is 0 Å². The molecular weight excluding hydrogens is 194 g/mol. The lowest BCUT2D eigenvalue weighted by atomic mass is 10.1. The van der Waals surface area contributed by atoms with Crippen molar-refractivity contribution in [2.75, 3.05) is 0 Å². The van der Waals surface area contributed by atoms with Crippen molar-refractivity contribution in [1.82, 2.24) is 0 Å². The summed E-state index contributed by atoms with van der Waals surface area (Å²) in [5.74, 6) is -0.215. The minimum absolute atomic E-state index is 0.215. The number of halogens is 3. The summed E-state index contributed by atoms with van der Waals surface area (Å²) in [7, 11) is 0. The van der Waals surface area contributed by atoms with Crippen molar-refractivity contribution in [1.29, 1.82) is 0 Å². The highest BCUT2D eigenvalue weighted by Crippen LogP contribution is 2.33. The van der Waals surface area contributed by atoms with Crippen molar-refractivity contribution < 1.29 is 5.11 Å². The van der Waals surface area contributed by atoms with E-state index >= 15 is 0 Å². The fraction of sp³-hybridized carbons (Fsp3) is 0.667. The molecule has 2 atom stereocenters. The van der Waals surface area contributed by atoms with E-state index in [1.165, 1.54) is 6.08 Å². The van der Waals surface area contributed by atoms with Crippen LogP contribution in [-0.2, 0) is 0 Å². The molecule has 0 saturated heterocycles. The molecular formula is C6H9Cl3O. The number of hydrogen-bond donors (Lipinski definition) is 1. The number of rotatable bonds is 2. The van der Waals surface area contributed by atoms with Gasteiger partial charge in [0.25, 0.3) is 0 Å². The lowest BCUT2D eigenvalue weighted by Crippen LogP contribution is -2.30. The lowest BCUT2D eigenvalue weighted by molar-refractivity contribution is 0.142. The summed E-state index contributed by atoms with van der Waals surface area (Å²) in [6.45, 7) is 5.18. The third-order valence-corrected chi connectivity index (χ3v) is 1.88. The Morgan fingerprint density at radius 3 is 2.00 bits per heavy atom. The van der Waals surface area contributed by atoms with Gasteiger partial charge in [0.15, 0.2) is 0 Å². The monoisotopic (exact) mass is 202 g/mol. The van der Waals surface area contributed by atoms with Crippen LogP contribution >= 0.6 is 34.8 Å². The summed E-state index contributed by atoms with van der Waals surface area (Å²) in [4.78, 5) is 0. The normalized spacial score (nSPS) is 18.1. The van der Waals surface area contributed by atoms with Crippen molar-refractivity contribution in [3.63, 3.8) is 0 Å². The average molecular weight is 203 g/mol. The van der Waals surface area contributed by atoms with E-state index in [2.05, 4.69) is 6.58 Å². The van der Waals surface area contributed by atoms with Gasteiger partial charge in [-0.25, -0.2) is 0 Å². The first kappa shape index (κ1) is 10.6. The van der Waals surface area contributed by atoms with Gasteiger partial charge in [-0.1, -0.05) is 47.8 Å². The zero-order valence-electron chi connectivity index (χ0n) is 5.52. The van der Waals surface area contributed by atoms with Crippen LogP contribution in [0, 0.1) is 5.92 Å². The molecule has 0 aromatic heterocycles. The maximum atomic E-state index is 9.19. The van der Waals surface area contributed by atoms with E-state index in [0.29, 0.717) is 0 Å². The molecule has 0 aromatic rings. The summed E-state index contributed by atoms with van der Waals surface area (Å²) < 4.78 is -1.62. The summed E-state index contributed by atoms with van der Waals surface area (Å²) >= 11 is 16.2. The van der Waals surface area contributed by atoms with Crippen LogP contribution in [0.1, 0.15) is 6.92 Å². The van der Waals surface area contributed by atoms with Crippen molar-refractivity contribution >= 4 is 34.8 Å². The summed E-state index contributed by atoms with van der Waals surface area (Å²) in [5.41, 5.74) is 0. The van der Waals surface area contributed by atoms with E-state index in [4.69, 9.17) is 34.8 Å². The molecule has 0 heterocycles. The van der Waals surface area contributed by atoms with Gasteiger partial charge in [0.05, 0.1) is 0 Å². The van der Waals surface area contributed by atoms with Gasteiger partial charge in [-0.3, -0.25) is 0 Å². The molecule has 0 aliphatic carbocycles. The Labute approximate surface area is 75.6 Å².